The number of nitrogens with zero attached hydrogens (tertiary/aromatic N) is 1. The van der Waals surface area contributed by atoms with Gasteiger partial charge in [-0.15, -0.1) is 0 Å². The van der Waals surface area contributed by atoms with Crippen molar-refractivity contribution in [1.82, 2.24) is 9.88 Å². The highest BCUT2D eigenvalue weighted by molar-refractivity contribution is 6.00. The Morgan fingerprint density at radius 3 is 2.32 bits per heavy atom. The van der Waals surface area contributed by atoms with Gasteiger partial charge < -0.3 is 19.4 Å². The van der Waals surface area contributed by atoms with Crippen LogP contribution in [0.5, 0.6) is 0 Å². The molecule has 2 aromatic rings. The SMILES string of the molecule is Cc1cc(C(=O)COC(=O)c2ccc(CNC(=O)OC(C)(C)C)cc2)c(C)n1C1CC1. The van der Waals surface area contributed by atoms with E-state index < -0.39 is 17.7 Å². The summed E-state index contributed by atoms with van der Waals surface area (Å²) in [5, 5.41) is 2.66. The van der Waals surface area contributed by atoms with Gasteiger partial charge in [-0.3, -0.25) is 4.79 Å². The third kappa shape index (κ3) is 5.96. The van der Waals surface area contributed by atoms with Crippen molar-refractivity contribution >= 4 is 17.8 Å². The van der Waals surface area contributed by atoms with Crippen molar-refractivity contribution in [2.45, 2.75) is 65.6 Å². The molecular formula is C24H30N2O5. The van der Waals surface area contributed by atoms with Crippen LogP contribution in [0.25, 0.3) is 0 Å². The lowest BCUT2D eigenvalue weighted by molar-refractivity contribution is 0.0473. The number of aryl methyl sites for hydroxylation is 1. The number of Topliss-reactive ketones (excluding diaryl/α,β-unsaturated/α-hetero) is 1. The van der Waals surface area contributed by atoms with E-state index in [1.807, 2.05) is 19.9 Å². The van der Waals surface area contributed by atoms with E-state index in [0.29, 0.717) is 17.2 Å². The summed E-state index contributed by atoms with van der Waals surface area (Å²) in [7, 11) is 0. The minimum absolute atomic E-state index is 0.202. The number of benzene rings is 1. The number of hydrogen-bond donors (Lipinski definition) is 1. The highest BCUT2D eigenvalue weighted by Crippen LogP contribution is 2.38. The molecular weight excluding hydrogens is 396 g/mol. The maximum absolute atomic E-state index is 12.6. The summed E-state index contributed by atoms with van der Waals surface area (Å²) in [6, 6.07) is 9.02. The smallest absolute Gasteiger partial charge is 0.407 e. The molecule has 0 radical (unpaired) electrons. The summed E-state index contributed by atoms with van der Waals surface area (Å²) >= 11 is 0. The minimum atomic E-state index is -0.563. The number of aromatic nitrogens is 1. The predicted octanol–water partition coefficient (Wildman–Crippen LogP) is 4.50. The third-order valence-electron chi connectivity index (χ3n) is 5.06. The second kappa shape index (κ2) is 8.96. The van der Waals surface area contributed by atoms with Gasteiger partial charge in [0.1, 0.15) is 5.60 Å². The summed E-state index contributed by atoms with van der Waals surface area (Å²) in [4.78, 5) is 36.6. The first-order valence-corrected chi connectivity index (χ1v) is 10.5. The number of carbonyl (C=O) groups excluding carboxylic acids is 3. The molecule has 0 aliphatic heterocycles. The molecule has 1 heterocycles. The summed E-state index contributed by atoms with van der Waals surface area (Å²) in [5.74, 6) is -0.762. The van der Waals surface area contributed by atoms with Crippen molar-refractivity contribution in [1.29, 1.82) is 0 Å². The Bertz CT molecular complexity index is 979. The Balaban J connectivity index is 1.51. The Labute approximate surface area is 182 Å². The highest BCUT2D eigenvalue weighted by Gasteiger charge is 2.28. The number of carbonyl (C=O) groups is 3. The molecule has 1 aliphatic rings. The van der Waals surface area contributed by atoms with Crippen LogP contribution in [0.15, 0.2) is 30.3 Å². The predicted molar refractivity (Wildman–Crippen MR) is 116 cm³/mol. The van der Waals surface area contributed by atoms with Crippen molar-refractivity contribution in [3.05, 3.63) is 58.4 Å². The first-order chi connectivity index (χ1) is 14.5. The average Bonchev–Trinajstić information content (AvgIpc) is 3.48. The van der Waals surface area contributed by atoms with Crippen LogP contribution in [0.4, 0.5) is 4.79 Å². The molecule has 1 amide bonds. The summed E-state index contributed by atoms with van der Waals surface area (Å²) in [6.45, 7) is 9.29. The van der Waals surface area contributed by atoms with Crippen LogP contribution in [0.2, 0.25) is 0 Å². The molecule has 1 aromatic carbocycles. The highest BCUT2D eigenvalue weighted by atomic mass is 16.6. The van der Waals surface area contributed by atoms with E-state index in [9.17, 15) is 14.4 Å². The van der Waals surface area contributed by atoms with Crippen LogP contribution < -0.4 is 5.32 Å². The molecule has 1 saturated carbocycles. The van der Waals surface area contributed by atoms with Gasteiger partial charge in [-0.25, -0.2) is 9.59 Å². The molecule has 0 spiro atoms. The maximum atomic E-state index is 12.6. The van der Waals surface area contributed by atoms with Gasteiger partial charge in [0, 0.05) is 29.5 Å². The lowest BCUT2D eigenvalue weighted by Gasteiger charge is -2.19. The molecule has 166 valence electrons. The van der Waals surface area contributed by atoms with Crippen LogP contribution in [-0.4, -0.2) is 34.6 Å². The van der Waals surface area contributed by atoms with E-state index in [1.165, 1.54) is 0 Å². The molecule has 1 aliphatic carbocycles. The standard InChI is InChI=1S/C24H30N2O5/c1-15-12-20(16(2)26(15)19-10-11-19)21(27)14-30-22(28)18-8-6-17(7-9-18)13-25-23(29)31-24(3,4)5/h6-9,12,19H,10-11,13-14H2,1-5H3,(H,25,29). The van der Waals surface area contributed by atoms with E-state index in [4.69, 9.17) is 9.47 Å². The summed E-state index contributed by atoms with van der Waals surface area (Å²) in [6.07, 6.45) is 1.78. The first kappa shape index (κ1) is 22.6. The number of alkyl carbamates (subject to hydrolysis) is 1. The number of rotatable bonds is 7. The molecule has 31 heavy (non-hydrogen) atoms. The van der Waals surface area contributed by atoms with Gasteiger partial charge in [-0.05, 0) is 71.2 Å². The monoisotopic (exact) mass is 426 g/mol. The number of ketones is 1. The Kier molecular flexibility index (Phi) is 6.53. The summed E-state index contributed by atoms with van der Waals surface area (Å²) in [5.41, 5.74) is 3.20. The van der Waals surface area contributed by atoms with Gasteiger partial charge in [0.15, 0.2) is 6.61 Å². The lowest BCUT2D eigenvalue weighted by Crippen LogP contribution is -2.32. The van der Waals surface area contributed by atoms with Crippen molar-refractivity contribution < 1.29 is 23.9 Å². The van der Waals surface area contributed by atoms with Crippen LogP contribution in [0, 0.1) is 13.8 Å². The van der Waals surface area contributed by atoms with Crippen LogP contribution in [0.3, 0.4) is 0 Å². The normalized spacial score (nSPS) is 13.6. The first-order valence-electron chi connectivity index (χ1n) is 10.5. The molecule has 0 unspecified atom stereocenters. The van der Waals surface area contributed by atoms with Crippen molar-refractivity contribution in [3.63, 3.8) is 0 Å². The average molecular weight is 427 g/mol. The van der Waals surface area contributed by atoms with E-state index >= 15 is 0 Å². The Hall–Kier alpha value is -3.09. The Morgan fingerprint density at radius 2 is 1.74 bits per heavy atom. The Morgan fingerprint density at radius 1 is 1.10 bits per heavy atom. The van der Waals surface area contributed by atoms with Crippen molar-refractivity contribution in [3.8, 4) is 0 Å². The quantitative estimate of drug-likeness (QED) is 0.520. The number of esters is 1. The number of ether oxygens (including phenoxy) is 2. The zero-order chi connectivity index (χ0) is 22.8. The number of amides is 1. The molecule has 0 bridgehead atoms. The third-order valence-corrected chi connectivity index (χ3v) is 5.06. The molecule has 1 fully saturated rings. The fourth-order valence-corrected chi connectivity index (χ4v) is 3.49. The topological polar surface area (TPSA) is 86.6 Å². The molecule has 7 heteroatoms. The van der Waals surface area contributed by atoms with Gasteiger partial charge >= 0.3 is 12.1 Å². The molecule has 0 saturated heterocycles. The molecule has 0 atom stereocenters. The van der Waals surface area contributed by atoms with Crippen LogP contribution in [-0.2, 0) is 16.0 Å². The van der Waals surface area contributed by atoms with Gasteiger partial charge in [0.2, 0.25) is 5.78 Å². The van der Waals surface area contributed by atoms with E-state index in [1.54, 1.807) is 45.0 Å². The van der Waals surface area contributed by atoms with Crippen LogP contribution >= 0.6 is 0 Å². The fraction of sp³-hybridized carbons (Fsp3) is 0.458. The largest absolute Gasteiger partial charge is 0.454 e. The second-order valence-corrected chi connectivity index (χ2v) is 8.94. The number of hydrogen-bond acceptors (Lipinski definition) is 5. The molecule has 1 aromatic heterocycles. The molecule has 3 rings (SSSR count). The molecule has 1 N–H and O–H groups in total. The maximum Gasteiger partial charge on any atom is 0.407 e. The minimum Gasteiger partial charge on any atom is -0.454 e. The van der Waals surface area contributed by atoms with Crippen LogP contribution in [0.1, 0.15) is 77.3 Å². The van der Waals surface area contributed by atoms with Gasteiger partial charge in [-0.2, -0.15) is 0 Å². The zero-order valence-electron chi connectivity index (χ0n) is 18.8. The summed E-state index contributed by atoms with van der Waals surface area (Å²) < 4.78 is 12.6. The van der Waals surface area contributed by atoms with E-state index in [0.717, 1.165) is 29.8 Å². The molecule has 7 nitrogen and oxygen atoms in total. The van der Waals surface area contributed by atoms with Gasteiger partial charge in [0.05, 0.1) is 5.56 Å². The van der Waals surface area contributed by atoms with Crippen molar-refractivity contribution in [2.24, 2.45) is 0 Å². The lowest BCUT2D eigenvalue weighted by atomic mass is 10.1. The van der Waals surface area contributed by atoms with E-state index in [2.05, 4.69) is 9.88 Å². The van der Waals surface area contributed by atoms with Gasteiger partial charge in [-0.1, -0.05) is 12.1 Å². The fourth-order valence-electron chi connectivity index (χ4n) is 3.49. The second-order valence-electron chi connectivity index (χ2n) is 8.94. The van der Waals surface area contributed by atoms with E-state index in [-0.39, 0.29) is 18.9 Å². The van der Waals surface area contributed by atoms with Gasteiger partial charge in [0.25, 0.3) is 0 Å². The zero-order valence-corrected chi connectivity index (χ0v) is 18.8. The van der Waals surface area contributed by atoms with Crippen molar-refractivity contribution in [2.75, 3.05) is 6.61 Å². The number of nitrogens with one attached hydrogen (secondary N) is 1.